The minimum Gasteiger partial charge on any atom is -0.333 e. The van der Waals surface area contributed by atoms with Crippen molar-refractivity contribution in [3.8, 4) is 5.69 Å². The van der Waals surface area contributed by atoms with Crippen molar-refractivity contribution in [2.45, 2.75) is 52.4 Å². The number of halogens is 2. The Morgan fingerprint density at radius 1 is 1.18 bits per heavy atom. The topological polar surface area (TPSA) is 53.4 Å². The molecule has 3 aromatic rings. The summed E-state index contributed by atoms with van der Waals surface area (Å²) in [6, 6.07) is 14.3. The van der Waals surface area contributed by atoms with E-state index in [4.69, 9.17) is 16.7 Å². The highest BCUT2D eigenvalue weighted by Crippen LogP contribution is 2.28. The number of carbonyl (C=O) groups is 1. The van der Waals surface area contributed by atoms with Gasteiger partial charge in [0.2, 0.25) is 0 Å². The van der Waals surface area contributed by atoms with Crippen LogP contribution in [0.5, 0.6) is 0 Å². The summed E-state index contributed by atoms with van der Waals surface area (Å²) in [6.07, 6.45) is 0.775. The molecule has 2 amide bonds. The fraction of sp³-hybridized carbons (Fsp3) is 0.385. The van der Waals surface area contributed by atoms with Crippen LogP contribution in [-0.2, 0) is 26.1 Å². The lowest BCUT2D eigenvalue weighted by atomic mass is 10.0. The van der Waals surface area contributed by atoms with Crippen LogP contribution >= 0.6 is 11.6 Å². The third-order valence-corrected chi connectivity index (χ3v) is 6.11. The first kappa shape index (κ1) is 24.2. The number of aromatic nitrogens is 2. The van der Waals surface area contributed by atoms with Crippen molar-refractivity contribution in [2.24, 2.45) is 0 Å². The Kier molecular flexibility index (Phi) is 6.96. The number of fused-ring (bicyclic) bond motifs is 1. The second kappa shape index (κ2) is 9.76. The molecule has 8 heteroatoms. The molecule has 0 spiro atoms. The molecule has 0 bridgehead atoms. The first-order valence-corrected chi connectivity index (χ1v) is 11.8. The van der Waals surface area contributed by atoms with Gasteiger partial charge in [0.05, 0.1) is 23.6 Å². The molecule has 2 aromatic carbocycles. The molecule has 0 radical (unpaired) electrons. The molecular formula is C26H31ClFN5O. The van der Waals surface area contributed by atoms with Crippen LogP contribution in [0.4, 0.5) is 9.18 Å². The highest BCUT2D eigenvalue weighted by Gasteiger charge is 2.28. The maximum absolute atomic E-state index is 14.3. The number of carbonyl (C=O) groups excluding carboxylic acids is 1. The van der Waals surface area contributed by atoms with Gasteiger partial charge in [0.15, 0.2) is 0 Å². The molecule has 0 fully saturated rings. The number of nitrogens with one attached hydrogen (secondary N) is 1. The summed E-state index contributed by atoms with van der Waals surface area (Å²) < 4.78 is 16.2. The molecule has 1 aliphatic heterocycles. The van der Waals surface area contributed by atoms with E-state index in [1.54, 1.807) is 18.0 Å². The van der Waals surface area contributed by atoms with E-state index in [0.717, 1.165) is 35.6 Å². The zero-order valence-electron chi connectivity index (χ0n) is 20.1. The van der Waals surface area contributed by atoms with Crippen LogP contribution in [0.3, 0.4) is 0 Å². The lowest BCUT2D eigenvalue weighted by molar-refractivity contribution is 0.196. The minimum atomic E-state index is -0.329. The Balaban J connectivity index is 1.63. The van der Waals surface area contributed by atoms with Gasteiger partial charge in [0, 0.05) is 54.8 Å². The van der Waals surface area contributed by atoms with Gasteiger partial charge >= 0.3 is 6.03 Å². The van der Waals surface area contributed by atoms with Crippen molar-refractivity contribution in [1.29, 1.82) is 0 Å². The van der Waals surface area contributed by atoms with Crippen LogP contribution < -0.4 is 5.32 Å². The molecule has 34 heavy (non-hydrogen) atoms. The van der Waals surface area contributed by atoms with Gasteiger partial charge in [0.1, 0.15) is 5.82 Å². The first-order valence-electron chi connectivity index (χ1n) is 11.5. The van der Waals surface area contributed by atoms with E-state index >= 15 is 0 Å². The van der Waals surface area contributed by atoms with Crippen molar-refractivity contribution in [1.82, 2.24) is 24.9 Å². The second-order valence-electron chi connectivity index (χ2n) is 9.85. The van der Waals surface area contributed by atoms with Crippen molar-refractivity contribution in [2.75, 3.05) is 13.6 Å². The molecule has 0 atom stereocenters. The second-order valence-corrected chi connectivity index (χ2v) is 10.3. The zero-order valence-corrected chi connectivity index (χ0v) is 20.9. The maximum Gasteiger partial charge on any atom is 0.317 e. The standard InChI is InChI=1S/C26H31ClFN5O/c1-26(2,3)29-25(34)31(4)17-23-21-16-32(15-18-7-5-6-8-22(18)28)14-13-24(21)33(30-23)20-11-9-19(27)10-12-20/h5-12H,13-17H2,1-4H3,(H,29,34). The summed E-state index contributed by atoms with van der Waals surface area (Å²) in [5.41, 5.74) is 4.33. The van der Waals surface area contributed by atoms with Crippen molar-refractivity contribution >= 4 is 17.6 Å². The van der Waals surface area contributed by atoms with Gasteiger partial charge in [-0.2, -0.15) is 5.10 Å². The minimum absolute atomic E-state index is 0.152. The SMILES string of the molecule is CN(Cc1nn(-c2ccc(Cl)cc2)c2c1CN(Cc1ccccc1F)CC2)C(=O)NC(C)(C)C. The van der Waals surface area contributed by atoms with E-state index in [1.807, 2.05) is 61.9 Å². The molecule has 0 saturated heterocycles. The van der Waals surface area contributed by atoms with E-state index in [2.05, 4.69) is 10.2 Å². The number of hydrogen-bond donors (Lipinski definition) is 1. The highest BCUT2D eigenvalue weighted by molar-refractivity contribution is 6.30. The molecule has 1 N–H and O–H groups in total. The van der Waals surface area contributed by atoms with Crippen LogP contribution in [0.2, 0.25) is 5.02 Å². The molecule has 0 saturated carbocycles. The molecule has 1 aromatic heterocycles. The fourth-order valence-electron chi connectivity index (χ4n) is 4.18. The number of benzene rings is 2. The average molecular weight is 484 g/mol. The van der Waals surface area contributed by atoms with E-state index in [1.165, 1.54) is 6.07 Å². The molecule has 0 unspecified atom stereocenters. The van der Waals surface area contributed by atoms with Gasteiger partial charge in [-0.3, -0.25) is 4.90 Å². The Morgan fingerprint density at radius 3 is 2.56 bits per heavy atom. The van der Waals surface area contributed by atoms with Crippen LogP contribution in [0, 0.1) is 5.82 Å². The molecule has 180 valence electrons. The van der Waals surface area contributed by atoms with Gasteiger partial charge in [-0.05, 0) is 51.1 Å². The maximum atomic E-state index is 14.3. The van der Waals surface area contributed by atoms with Crippen LogP contribution in [0.25, 0.3) is 5.69 Å². The van der Waals surface area contributed by atoms with Gasteiger partial charge in [-0.1, -0.05) is 29.8 Å². The number of amides is 2. The molecule has 1 aliphatic rings. The third-order valence-electron chi connectivity index (χ3n) is 5.86. The number of urea groups is 1. The summed E-state index contributed by atoms with van der Waals surface area (Å²) in [5.74, 6) is -0.191. The third kappa shape index (κ3) is 5.59. The summed E-state index contributed by atoms with van der Waals surface area (Å²) in [7, 11) is 1.77. The summed E-state index contributed by atoms with van der Waals surface area (Å²) in [5, 5.41) is 8.58. The lowest BCUT2D eigenvalue weighted by Crippen LogP contribution is -2.47. The van der Waals surface area contributed by atoms with E-state index in [-0.39, 0.29) is 17.4 Å². The Morgan fingerprint density at radius 2 is 1.88 bits per heavy atom. The van der Waals surface area contributed by atoms with E-state index in [0.29, 0.717) is 30.2 Å². The predicted octanol–water partition coefficient (Wildman–Crippen LogP) is 5.16. The summed E-state index contributed by atoms with van der Waals surface area (Å²) >= 11 is 6.09. The predicted molar refractivity (Wildman–Crippen MR) is 133 cm³/mol. The largest absolute Gasteiger partial charge is 0.333 e. The van der Waals surface area contributed by atoms with Crippen LogP contribution in [0.15, 0.2) is 48.5 Å². The Labute approximate surface area is 205 Å². The lowest BCUT2D eigenvalue weighted by Gasteiger charge is -2.29. The molecule has 0 aliphatic carbocycles. The van der Waals surface area contributed by atoms with Gasteiger partial charge in [0.25, 0.3) is 0 Å². The summed E-state index contributed by atoms with van der Waals surface area (Å²) in [6.45, 7) is 8.20. The number of rotatable bonds is 5. The molecule has 4 rings (SSSR count). The average Bonchev–Trinajstić information content (AvgIpc) is 3.12. The Hall–Kier alpha value is -2.90. The molecule has 2 heterocycles. The molecular weight excluding hydrogens is 453 g/mol. The highest BCUT2D eigenvalue weighted by atomic mass is 35.5. The first-order chi connectivity index (χ1) is 16.1. The monoisotopic (exact) mass is 483 g/mol. The van der Waals surface area contributed by atoms with E-state index < -0.39 is 0 Å². The number of hydrogen-bond acceptors (Lipinski definition) is 3. The van der Waals surface area contributed by atoms with Crippen molar-refractivity contribution < 1.29 is 9.18 Å². The van der Waals surface area contributed by atoms with Gasteiger partial charge in [-0.25, -0.2) is 13.9 Å². The smallest absolute Gasteiger partial charge is 0.317 e. The van der Waals surface area contributed by atoms with Gasteiger partial charge in [-0.15, -0.1) is 0 Å². The molecule has 6 nitrogen and oxygen atoms in total. The van der Waals surface area contributed by atoms with Crippen molar-refractivity contribution in [3.63, 3.8) is 0 Å². The van der Waals surface area contributed by atoms with Crippen LogP contribution in [-0.4, -0.2) is 44.7 Å². The quantitative estimate of drug-likeness (QED) is 0.545. The fourth-order valence-corrected chi connectivity index (χ4v) is 4.31. The van der Waals surface area contributed by atoms with Gasteiger partial charge < -0.3 is 10.2 Å². The normalized spacial score (nSPS) is 14.1. The Bertz CT molecular complexity index is 1170. The number of nitrogens with zero attached hydrogens (tertiary/aromatic N) is 4. The van der Waals surface area contributed by atoms with Crippen LogP contribution in [0.1, 0.15) is 43.3 Å². The summed E-state index contributed by atoms with van der Waals surface area (Å²) in [4.78, 5) is 16.6. The van der Waals surface area contributed by atoms with Crippen molar-refractivity contribution in [3.05, 3.63) is 81.9 Å². The van der Waals surface area contributed by atoms with E-state index in [9.17, 15) is 9.18 Å². The zero-order chi connectivity index (χ0) is 24.5.